The second-order valence-corrected chi connectivity index (χ2v) is 12.3. The number of hydrogen-bond donors (Lipinski definition) is 2. The summed E-state index contributed by atoms with van der Waals surface area (Å²) in [7, 11) is -7.46. The van der Waals surface area contributed by atoms with Crippen LogP contribution in [0.4, 0.5) is 0 Å². The Hall–Kier alpha value is -4.02. The predicted octanol–water partition coefficient (Wildman–Crippen LogP) is 5.00. The largest absolute Gasteiger partial charge is 0.508 e. The maximum absolute atomic E-state index is 12.8. The molecule has 0 aliphatic heterocycles. The maximum atomic E-state index is 12.8. The molecule has 1 unspecified atom stereocenters. The number of hydrogen-bond acceptors (Lipinski definition) is 8. The fraction of sp³-hybridized carbons (Fsp3) is 0.143. The smallest absolute Gasteiger partial charge is 0.206 e. The highest BCUT2D eigenvalue weighted by Crippen LogP contribution is 2.27. The van der Waals surface area contributed by atoms with Gasteiger partial charge in [0.15, 0.2) is 0 Å². The molecule has 4 rings (SSSR count). The number of phenols is 2. The van der Waals surface area contributed by atoms with E-state index in [4.69, 9.17) is 9.47 Å². The number of phenolic OH excluding ortho intramolecular Hbond substituents is 2. The summed E-state index contributed by atoms with van der Waals surface area (Å²) in [6, 6.07) is 22.7. The molecule has 0 aromatic heterocycles. The quantitative estimate of drug-likeness (QED) is 0.280. The molecule has 1 atom stereocenters. The Morgan fingerprint density at radius 2 is 0.921 bits per heavy atom. The van der Waals surface area contributed by atoms with Crippen LogP contribution in [0.3, 0.4) is 0 Å². The number of rotatable bonds is 10. The summed E-state index contributed by atoms with van der Waals surface area (Å²) in [4.78, 5) is 0.347. The molecule has 0 spiro atoms. The van der Waals surface area contributed by atoms with Crippen LogP contribution in [0.2, 0.25) is 0 Å². The van der Waals surface area contributed by atoms with Crippen LogP contribution in [-0.2, 0) is 19.7 Å². The van der Waals surface area contributed by atoms with E-state index in [2.05, 4.69) is 0 Å². The molecule has 0 amide bonds. The lowest BCUT2D eigenvalue weighted by molar-refractivity contribution is 0.125. The van der Waals surface area contributed by atoms with Gasteiger partial charge in [0.25, 0.3) is 0 Å². The molecular formula is C28H26O8S2. The van der Waals surface area contributed by atoms with Gasteiger partial charge in [-0.15, -0.1) is 0 Å². The van der Waals surface area contributed by atoms with E-state index in [0.717, 1.165) is 0 Å². The molecule has 0 saturated carbocycles. The Balaban J connectivity index is 1.37. The zero-order chi connectivity index (χ0) is 27.3. The number of ether oxygens (including phenoxy) is 2. The lowest BCUT2D eigenvalue weighted by atomic mass is 10.3. The number of aromatic hydroxyl groups is 2. The van der Waals surface area contributed by atoms with Gasteiger partial charge in [-0.05, 0) is 103 Å². The van der Waals surface area contributed by atoms with Gasteiger partial charge in [-0.25, -0.2) is 16.8 Å². The molecule has 0 saturated heterocycles. The summed E-state index contributed by atoms with van der Waals surface area (Å²) in [5.41, 5.74) is 0. The van der Waals surface area contributed by atoms with Crippen molar-refractivity contribution in [3.63, 3.8) is 0 Å². The molecule has 8 nitrogen and oxygen atoms in total. The highest BCUT2D eigenvalue weighted by atomic mass is 32.2. The van der Waals surface area contributed by atoms with Gasteiger partial charge in [-0.2, -0.15) is 0 Å². The monoisotopic (exact) mass is 554 g/mol. The second kappa shape index (κ2) is 11.2. The molecule has 4 aromatic carbocycles. The van der Waals surface area contributed by atoms with E-state index in [9.17, 15) is 27.0 Å². The van der Waals surface area contributed by atoms with Crippen molar-refractivity contribution in [1.29, 1.82) is 0 Å². The Kier molecular flexibility index (Phi) is 7.94. The first-order valence-corrected chi connectivity index (χ1v) is 14.6. The third kappa shape index (κ3) is 6.09. The first-order valence-electron chi connectivity index (χ1n) is 11.7. The van der Waals surface area contributed by atoms with E-state index in [-0.39, 0.29) is 43.8 Å². The summed E-state index contributed by atoms with van der Waals surface area (Å²) in [6.07, 6.45) is 0.274. The first kappa shape index (κ1) is 27.0. The van der Waals surface area contributed by atoms with Crippen LogP contribution in [0.25, 0.3) is 0 Å². The fourth-order valence-electron chi connectivity index (χ4n) is 3.55. The normalized spacial score (nSPS) is 12.6. The van der Waals surface area contributed by atoms with Crippen LogP contribution < -0.4 is 9.47 Å². The van der Waals surface area contributed by atoms with Crippen LogP contribution in [0.5, 0.6) is 23.0 Å². The van der Waals surface area contributed by atoms with Gasteiger partial charge < -0.3 is 19.7 Å². The van der Waals surface area contributed by atoms with E-state index >= 15 is 0 Å². The van der Waals surface area contributed by atoms with Crippen LogP contribution in [0.1, 0.15) is 13.3 Å². The molecule has 0 fully saturated rings. The van der Waals surface area contributed by atoms with Gasteiger partial charge in [0.1, 0.15) is 35.7 Å². The Bertz CT molecular complexity index is 1580. The lowest BCUT2D eigenvalue weighted by Crippen LogP contribution is -2.24. The van der Waals surface area contributed by atoms with E-state index < -0.39 is 19.7 Å². The topological polar surface area (TPSA) is 127 Å². The molecule has 2 N–H and O–H groups in total. The van der Waals surface area contributed by atoms with Crippen molar-refractivity contribution in [2.75, 3.05) is 6.61 Å². The molecule has 0 radical (unpaired) electrons. The van der Waals surface area contributed by atoms with E-state index in [1.807, 2.05) is 6.92 Å². The average Bonchev–Trinajstić information content (AvgIpc) is 2.92. The van der Waals surface area contributed by atoms with Crippen LogP contribution in [0.15, 0.2) is 117 Å². The van der Waals surface area contributed by atoms with E-state index in [0.29, 0.717) is 17.9 Å². The van der Waals surface area contributed by atoms with Crippen molar-refractivity contribution >= 4 is 19.7 Å². The van der Waals surface area contributed by atoms with Gasteiger partial charge in [-0.3, -0.25) is 0 Å². The highest BCUT2D eigenvalue weighted by molar-refractivity contribution is 7.91. The Labute approximate surface area is 221 Å². The van der Waals surface area contributed by atoms with Crippen molar-refractivity contribution in [1.82, 2.24) is 0 Å². The zero-order valence-corrected chi connectivity index (χ0v) is 22.0. The maximum Gasteiger partial charge on any atom is 0.206 e. The van der Waals surface area contributed by atoms with Crippen LogP contribution in [-0.4, -0.2) is 39.8 Å². The lowest BCUT2D eigenvalue weighted by Gasteiger charge is -2.18. The molecule has 4 aromatic rings. The molecule has 0 bridgehead atoms. The minimum atomic E-state index is -3.73. The molecular weight excluding hydrogens is 528 g/mol. The fourth-order valence-corrected chi connectivity index (χ4v) is 6.07. The summed E-state index contributed by atoms with van der Waals surface area (Å²) in [5, 5.41) is 18.8. The average molecular weight is 555 g/mol. The first-order chi connectivity index (χ1) is 18.1. The van der Waals surface area contributed by atoms with Gasteiger partial charge >= 0.3 is 0 Å². The predicted molar refractivity (Wildman–Crippen MR) is 140 cm³/mol. The van der Waals surface area contributed by atoms with E-state index in [1.165, 1.54) is 72.8 Å². The summed E-state index contributed by atoms with van der Waals surface area (Å²) >= 11 is 0. The molecule has 10 heteroatoms. The van der Waals surface area contributed by atoms with Crippen LogP contribution in [0, 0.1) is 0 Å². The highest BCUT2D eigenvalue weighted by Gasteiger charge is 2.19. The van der Waals surface area contributed by atoms with Gasteiger partial charge in [0.05, 0.1) is 19.6 Å². The van der Waals surface area contributed by atoms with Gasteiger partial charge in [0.2, 0.25) is 19.7 Å². The van der Waals surface area contributed by atoms with E-state index in [1.54, 1.807) is 24.3 Å². The SMILES string of the molecule is CCC(COc1ccc(S(=O)(=O)c2ccc(O)cc2)cc1)Oc1ccc(S(=O)(=O)c2ccc(O)cc2)cc1. The number of sulfone groups is 2. The van der Waals surface area contributed by atoms with Crippen molar-refractivity contribution < 1.29 is 36.5 Å². The molecule has 198 valence electrons. The third-order valence-electron chi connectivity index (χ3n) is 5.76. The zero-order valence-electron chi connectivity index (χ0n) is 20.4. The molecule has 0 aliphatic carbocycles. The summed E-state index contributed by atoms with van der Waals surface area (Å²) in [5.74, 6) is 0.901. The van der Waals surface area contributed by atoms with Gasteiger partial charge in [0, 0.05) is 0 Å². The summed E-state index contributed by atoms with van der Waals surface area (Å²) in [6.45, 7) is 2.11. The molecule has 38 heavy (non-hydrogen) atoms. The van der Waals surface area contributed by atoms with Crippen molar-refractivity contribution in [2.24, 2.45) is 0 Å². The summed E-state index contributed by atoms with van der Waals surface area (Å²) < 4.78 is 62.8. The third-order valence-corrected chi connectivity index (χ3v) is 9.33. The molecule has 0 heterocycles. The van der Waals surface area contributed by atoms with Crippen molar-refractivity contribution in [2.45, 2.75) is 39.0 Å². The number of benzene rings is 4. The molecule has 0 aliphatic rings. The van der Waals surface area contributed by atoms with Crippen molar-refractivity contribution in [3.8, 4) is 23.0 Å². The minimum Gasteiger partial charge on any atom is -0.508 e. The standard InChI is InChI=1S/C28H26O8S2/c1-2-22(36-24-9-17-28(18-10-24)38(33,34)26-13-5-21(30)6-14-26)19-35-23-7-15-27(16-8-23)37(31,32)25-11-3-20(29)4-12-25/h3-18,22,29-30H,2,19H2,1H3. The Morgan fingerprint density at radius 3 is 1.29 bits per heavy atom. The van der Waals surface area contributed by atoms with Gasteiger partial charge in [-0.1, -0.05) is 6.92 Å². The second-order valence-electron chi connectivity index (χ2n) is 8.40. The van der Waals surface area contributed by atoms with Crippen LogP contribution >= 0.6 is 0 Å². The minimum absolute atomic E-state index is 0.0180. The Morgan fingerprint density at radius 1 is 0.579 bits per heavy atom. The van der Waals surface area contributed by atoms with Crippen molar-refractivity contribution in [3.05, 3.63) is 97.1 Å².